The molecule has 3 heterocycles. The number of carbonyl (C=O) groups excluding carboxylic acids is 1. The average Bonchev–Trinajstić information content (AvgIpc) is 3.05. The largest absolute Gasteiger partial charge is 0.390 e. The molecule has 3 N–H and O–H groups in total. The van der Waals surface area contributed by atoms with Crippen molar-refractivity contribution in [2.24, 2.45) is 0 Å². The van der Waals surface area contributed by atoms with Crippen molar-refractivity contribution in [3.05, 3.63) is 59.8 Å². The number of hydrogen-bond donors (Lipinski definition) is 3. The van der Waals surface area contributed by atoms with Crippen molar-refractivity contribution in [1.29, 1.82) is 0 Å². The van der Waals surface area contributed by atoms with E-state index in [1.165, 1.54) is 29.2 Å². The van der Waals surface area contributed by atoms with Crippen LogP contribution < -0.4 is 5.32 Å². The highest BCUT2D eigenvalue weighted by Gasteiger charge is 2.22. The first-order chi connectivity index (χ1) is 12.7. The number of aliphatic hydroxyl groups is 1. The van der Waals surface area contributed by atoms with Crippen LogP contribution in [0.1, 0.15) is 21.7 Å². The summed E-state index contributed by atoms with van der Waals surface area (Å²) in [4.78, 5) is 25.4. The number of carbonyl (C=O) groups is 1. The molecule has 0 aliphatic carbocycles. The van der Waals surface area contributed by atoms with Gasteiger partial charge in [-0.05, 0) is 17.7 Å². The van der Waals surface area contributed by atoms with Gasteiger partial charge in [0.15, 0.2) is 0 Å². The van der Waals surface area contributed by atoms with Gasteiger partial charge in [0, 0.05) is 55.4 Å². The fourth-order valence-corrected chi connectivity index (χ4v) is 3.47. The van der Waals surface area contributed by atoms with Crippen molar-refractivity contribution in [3.63, 3.8) is 0 Å². The maximum atomic E-state index is 12.0. The number of hydrogen-bond acceptors (Lipinski definition) is 5. The first kappa shape index (κ1) is 16.7. The molecule has 0 saturated heterocycles. The first-order valence-corrected chi connectivity index (χ1v) is 8.74. The lowest BCUT2D eigenvalue weighted by atomic mass is 10.0. The molecule has 7 heteroatoms. The second kappa shape index (κ2) is 7.23. The molecule has 4 rings (SSSR count). The van der Waals surface area contributed by atoms with Gasteiger partial charge in [-0.2, -0.15) is 0 Å². The summed E-state index contributed by atoms with van der Waals surface area (Å²) in [6.45, 7) is 2.40. The van der Waals surface area contributed by atoms with E-state index >= 15 is 0 Å². The van der Waals surface area contributed by atoms with Gasteiger partial charge in [0.2, 0.25) is 0 Å². The summed E-state index contributed by atoms with van der Waals surface area (Å²) in [5, 5.41) is 14.3. The smallest absolute Gasteiger partial charge is 0.270 e. The highest BCUT2D eigenvalue weighted by Crippen LogP contribution is 2.27. The molecule has 1 aromatic carbocycles. The van der Waals surface area contributed by atoms with Gasteiger partial charge in [-0.15, -0.1) is 0 Å². The highest BCUT2D eigenvalue weighted by atomic mass is 16.3. The van der Waals surface area contributed by atoms with E-state index in [0.717, 1.165) is 25.0 Å². The van der Waals surface area contributed by atoms with Crippen molar-refractivity contribution in [1.82, 2.24) is 25.2 Å². The second-order valence-electron chi connectivity index (χ2n) is 6.57. The van der Waals surface area contributed by atoms with Crippen molar-refractivity contribution < 1.29 is 9.90 Å². The molecule has 0 saturated carbocycles. The Hall–Kier alpha value is -2.77. The van der Waals surface area contributed by atoms with Crippen molar-refractivity contribution in [2.45, 2.75) is 19.1 Å². The number of benzene rings is 1. The van der Waals surface area contributed by atoms with E-state index in [1.54, 1.807) is 6.07 Å². The number of nitrogens with one attached hydrogen (secondary N) is 2. The normalized spacial score (nSPS) is 15.6. The number of aliphatic hydroxyl groups excluding tert-OH is 1. The fraction of sp³-hybridized carbons (Fsp3) is 0.316. The molecular formula is C19H21N5O2. The standard InChI is InChI=1S/C19H21N5O2/c25-13(9-21-19(26)18-5-7-20-12-22-18)10-24-8-6-17-15(11-24)14-3-1-2-4-16(14)23-17/h1-5,7,12-13,23,25H,6,8-11H2,(H,21,26). The van der Waals surface area contributed by atoms with Crippen LogP contribution in [0.25, 0.3) is 10.9 Å². The van der Waals surface area contributed by atoms with Crippen LogP contribution in [0, 0.1) is 0 Å². The second-order valence-corrected chi connectivity index (χ2v) is 6.57. The zero-order valence-electron chi connectivity index (χ0n) is 14.4. The van der Waals surface area contributed by atoms with Crippen LogP contribution in [0.5, 0.6) is 0 Å². The molecule has 2 aromatic heterocycles. The highest BCUT2D eigenvalue weighted by molar-refractivity contribution is 5.92. The predicted molar refractivity (Wildman–Crippen MR) is 97.7 cm³/mol. The number of para-hydroxylation sites is 1. The summed E-state index contributed by atoms with van der Waals surface area (Å²) in [6.07, 6.45) is 3.15. The minimum absolute atomic E-state index is 0.195. The number of fused-ring (bicyclic) bond motifs is 3. The van der Waals surface area contributed by atoms with Crippen LogP contribution in [0.3, 0.4) is 0 Å². The van der Waals surface area contributed by atoms with Crippen LogP contribution in [-0.2, 0) is 13.0 Å². The molecule has 1 atom stereocenters. The molecule has 26 heavy (non-hydrogen) atoms. The summed E-state index contributed by atoms with van der Waals surface area (Å²) < 4.78 is 0. The summed E-state index contributed by atoms with van der Waals surface area (Å²) in [7, 11) is 0. The minimum Gasteiger partial charge on any atom is -0.390 e. The number of aromatic amines is 1. The van der Waals surface area contributed by atoms with Crippen LogP contribution in [0.15, 0.2) is 42.9 Å². The van der Waals surface area contributed by atoms with Crippen molar-refractivity contribution >= 4 is 16.8 Å². The molecule has 1 unspecified atom stereocenters. The molecule has 0 radical (unpaired) electrons. The van der Waals surface area contributed by atoms with Crippen LogP contribution >= 0.6 is 0 Å². The Morgan fingerprint density at radius 3 is 3.08 bits per heavy atom. The quantitative estimate of drug-likeness (QED) is 0.640. The van der Waals surface area contributed by atoms with Gasteiger partial charge in [-0.1, -0.05) is 18.2 Å². The zero-order valence-corrected chi connectivity index (χ0v) is 14.4. The Kier molecular flexibility index (Phi) is 4.64. The fourth-order valence-electron chi connectivity index (χ4n) is 3.47. The monoisotopic (exact) mass is 351 g/mol. The van der Waals surface area contributed by atoms with Crippen LogP contribution in [-0.4, -0.2) is 56.6 Å². The third-order valence-electron chi connectivity index (χ3n) is 4.74. The molecule has 7 nitrogen and oxygen atoms in total. The Bertz CT molecular complexity index is 909. The summed E-state index contributed by atoms with van der Waals surface area (Å²) in [5.74, 6) is -0.302. The van der Waals surface area contributed by atoms with Gasteiger partial charge in [-0.3, -0.25) is 9.69 Å². The molecule has 134 valence electrons. The number of β-amino-alcohol motifs (C(OH)–C–C–N with tert-alkyl or cyclic N) is 1. The molecule has 1 amide bonds. The maximum Gasteiger partial charge on any atom is 0.270 e. The Labute approximate surface area is 151 Å². The van der Waals surface area contributed by atoms with Crippen molar-refractivity contribution in [3.8, 4) is 0 Å². The van der Waals surface area contributed by atoms with E-state index < -0.39 is 6.10 Å². The molecule has 1 aliphatic rings. The van der Waals surface area contributed by atoms with Crippen LogP contribution in [0.4, 0.5) is 0 Å². The topological polar surface area (TPSA) is 94.1 Å². The van der Waals surface area contributed by atoms with E-state index in [2.05, 4.69) is 37.3 Å². The number of aromatic nitrogens is 3. The summed E-state index contributed by atoms with van der Waals surface area (Å²) >= 11 is 0. The van der Waals surface area contributed by atoms with E-state index in [-0.39, 0.29) is 12.5 Å². The van der Waals surface area contributed by atoms with Gasteiger partial charge < -0.3 is 15.4 Å². The maximum absolute atomic E-state index is 12.0. The van der Waals surface area contributed by atoms with E-state index in [0.29, 0.717) is 12.2 Å². The SMILES string of the molecule is O=C(NCC(O)CN1CCc2[nH]c3ccccc3c2C1)c1ccncn1. The zero-order chi connectivity index (χ0) is 17.9. The third kappa shape index (κ3) is 3.44. The molecule has 0 spiro atoms. The van der Waals surface area contributed by atoms with Gasteiger partial charge in [-0.25, -0.2) is 9.97 Å². The molecule has 0 bridgehead atoms. The Balaban J connectivity index is 1.34. The van der Waals surface area contributed by atoms with E-state index in [9.17, 15) is 9.90 Å². The number of amides is 1. The Morgan fingerprint density at radius 1 is 1.35 bits per heavy atom. The molecule has 3 aromatic rings. The predicted octanol–water partition coefficient (Wildman–Crippen LogP) is 1.11. The van der Waals surface area contributed by atoms with Gasteiger partial charge in [0.25, 0.3) is 5.91 Å². The third-order valence-corrected chi connectivity index (χ3v) is 4.74. The molecule has 0 fully saturated rings. The van der Waals surface area contributed by atoms with E-state index in [4.69, 9.17) is 0 Å². The lowest BCUT2D eigenvalue weighted by Gasteiger charge is -2.29. The lowest BCUT2D eigenvalue weighted by Crippen LogP contribution is -2.42. The molecule has 1 aliphatic heterocycles. The number of nitrogens with zero attached hydrogens (tertiary/aromatic N) is 3. The number of H-pyrrole nitrogens is 1. The minimum atomic E-state index is -0.632. The number of rotatable bonds is 5. The van der Waals surface area contributed by atoms with Gasteiger partial charge in [0.05, 0.1) is 6.10 Å². The van der Waals surface area contributed by atoms with Gasteiger partial charge in [0.1, 0.15) is 12.0 Å². The summed E-state index contributed by atoms with van der Waals surface area (Å²) in [5.41, 5.74) is 4.06. The van der Waals surface area contributed by atoms with Crippen molar-refractivity contribution in [2.75, 3.05) is 19.6 Å². The van der Waals surface area contributed by atoms with Crippen LogP contribution in [0.2, 0.25) is 0 Å². The van der Waals surface area contributed by atoms with E-state index in [1.807, 2.05) is 12.1 Å². The lowest BCUT2D eigenvalue weighted by molar-refractivity contribution is 0.0838. The first-order valence-electron chi connectivity index (χ1n) is 8.74. The Morgan fingerprint density at radius 2 is 2.23 bits per heavy atom. The molecular weight excluding hydrogens is 330 g/mol. The average molecular weight is 351 g/mol. The van der Waals surface area contributed by atoms with Gasteiger partial charge >= 0.3 is 0 Å². The summed E-state index contributed by atoms with van der Waals surface area (Å²) in [6, 6.07) is 9.85.